The molecule has 2 nitrogen and oxygen atoms in total. The lowest BCUT2D eigenvalue weighted by Gasteiger charge is -2.39. The maximum atomic E-state index is 3.54. The van der Waals surface area contributed by atoms with Crippen LogP contribution in [0, 0.1) is 5.41 Å². The van der Waals surface area contributed by atoms with E-state index in [0.717, 1.165) is 12.6 Å². The third-order valence-electron chi connectivity index (χ3n) is 5.38. The Kier molecular flexibility index (Phi) is 3.76. The fourth-order valence-corrected chi connectivity index (χ4v) is 3.84. The molecule has 0 amide bonds. The highest BCUT2D eigenvalue weighted by atomic mass is 15.1. The zero-order valence-electron chi connectivity index (χ0n) is 13.2. The van der Waals surface area contributed by atoms with E-state index in [0.29, 0.717) is 11.3 Å². The minimum Gasteiger partial charge on any atom is -0.384 e. The molecule has 1 aliphatic heterocycles. The van der Waals surface area contributed by atoms with Crippen LogP contribution in [0.25, 0.3) is 0 Å². The first-order chi connectivity index (χ1) is 9.55. The summed E-state index contributed by atoms with van der Waals surface area (Å²) < 4.78 is 0. The average molecular weight is 272 g/mol. The van der Waals surface area contributed by atoms with Gasteiger partial charge in [-0.1, -0.05) is 32.0 Å². The maximum Gasteiger partial charge on any atom is 0.0376 e. The molecule has 1 aromatic carbocycles. The topological polar surface area (TPSA) is 15.3 Å². The Hall–Kier alpha value is -1.02. The molecule has 1 N–H and O–H groups in total. The number of likely N-dealkylation sites (N-methyl/N-ethyl adjacent to an activating group) is 1. The maximum absolute atomic E-state index is 3.54. The monoisotopic (exact) mass is 272 g/mol. The van der Waals surface area contributed by atoms with E-state index in [9.17, 15) is 0 Å². The van der Waals surface area contributed by atoms with Crippen molar-refractivity contribution in [3.63, 3.8) is 0 Å². The number of para-hydroxylation sites is 1. The molecule has 0 aromatic heterocycles. The van der Waals surface area contributed by atoms with Gasteiger partial charge in [-0.25, -0.2) is 0 Å². The molecular weight excluding hydrogens is 244 g/mol. The van der Waals surface area contributed by atoms with E-state index in [-0.39, 0.29) is 0 Å². The molecule has 0 radical (unpaired) electrons. The molecule has 1 saturated carbocycles. The standard InChI is InChI=1S/C18H28N2/c1-18(2)10-8-15(9-11-18)20(3)13-14-12-19-17-7-5-4-6-16(14)17/h4-7,14-15,19H,8-13H2,1-3H3. The number of anilines is 1. The lowest BCUT2D eigenvalue weighted by Crippen LogP contribution is -2.39. The van der Waals surface area contributed by atoms with E-state index < -0.39 is 0 Å². The van der Waals surface area contributed by atoms with Crippen molar-refractivity contribution in [1.29, 1.82) is 0 Å². The Morgan fingerprint density at radius 1 is 1.20 bits per heavy atom. The molecule has 1 heterocycles. The zero-order valence-corrected chi connectivity index (χ0v) is 13.2. The first-order valence-electron chi connectivity index (χ1n) is 8.08. The van der Waals surface area contributed by atoms with Gasteiger partial charge in [-0.2, -0.15) is 0 Å². The van der Waals surface area contributed by atoms with Gasteiger partial charge in [0.05, 0.1) is 0 Å². The predicted octanol–water partition coefficient (Wildman–Crippen LogP) is 4.10. The van der Waals surface area contributed by atoms with Crippen molar-refractivity contribution in [3.8, 4) is 0 Å². The van der Waals surface area contributed by atoms with Crippen molar-refractivity contribution in [2.24, 2.45) is 5.41 Å². The largest absolute Gasteiger partial charge is 0.384 e. The molecule has 110 valence electrons. The molecule has 0 spiro atoms. The van der Waals surface area contributed by atoms with Gasteiger partial charge < -0.3 is 10.2 Å². The first-order valence-corrected chi connectivity index (χ1v) is 8.08. The summed E-state index contributed by atoms with van der Waals surface area (Å²) in [6, 6.07) is 9.58. The van der Waals surface area contributed by atoms with Crippen molar-refractivity contribution >= 4 is 5.69 Å². The van der Waals surface area contributed by atoms with E-state index in [1.165, 1.54) is 43.5 Å². The van der Waals surface area contributed by atoms with E-state index in [1.54, 1.807) is 0 Å². The normalized spacial score (nSPS) is 25.5. The third-order valence-corrected chi connectivity index (χ3v) is 5.38. The second kappa shape index (κ2) is 5.40. The highest BCUT2D eigenvalue weighted by Gasteiger charge is 2.31. The van der Waals surface area contributed by atoms with Crippen LogP contribution in [0.2, 0.25) is 0 Å². The van der Waals surface area contributed by atoms with Gasteiger partial charge in [0, 0.05) is 30.7 Å². The van der Waals surface area contributed by atoms with Gasteiger partial charge >= 0.3 is 0 Å². The Morgan fingerprint density at radius 2 is 1.90 bits per heavy atom. The van der Waals surface area contributed by atoms with Crippen molar-refractivity contribution in [1.82, 2.24) is 4.90 Å². The van der Waals surface area contributed by atoms with E-state index >= 15 is 0 Å². The van der Waals surface area contributed by atoms with Gasteiger partial charge in [0.1, 0.15) is 0 Å². The lowest BCUT2D eigenvalue weighted by atomic mass is 9.75. The summed E-state index contributed by atoms with van der Waals surface area (Å²) in [6.45, 7) is 7.12. The van der Waals surface area contributed by atoms with Crippen LogP contribution in [0.1, 0.15) is 51.0 Å². The Balaban J connectivity index is 1.59. The number of hydrogen-bond acceptors (Lipinski definition) is 2. The number of hydrogen-bond donors (Lipinski definition) is 1. The van der Waals surface area contributed by atoms with Crippen LogP contribution < -0.4 is 5.32 Å². The van der Waals surface area contributed by atoms with Crippen molar-refractivity contribution < 1.29 is 0 Å². The Labute approximate surface area is 123 Å². The van der Waals surface area contributed by atoms with E-state index in [2.05, 4.69) is 55.4 Å². The molecule has 3 rings (SSSR count). The smallest absolute Gasteiger partial charge is 0.0376 e. The summed E-state index contributed by atoms with van der Waals surface area (Å²) in [5, 5.41) is 3.54. The number of nitrogens with zero attached hydrogens (tertiary/aromatic N) is 1. The van der Waals surface area contributed by atoms with Crippen molar-refractivity contribution in [2.45, 2.75) is 51.5 Å². The van der Waals surface area contributed by atoms with E-state index in [1.807, 2.05) is 0 Å². The molecule has 1 unspecified atom stereocenters. The number of fused-ring (bicyclic) bond motifs is 1. The first kappa shape index (κ1) is 13.9. The molecule has 2 heteroatoms. The second-order valence-corrected chi connectivity index (χ2v) is 7.50. The predicted molar refractivity (Wildman–Crippen MR) is 86.3 cm³/mol. The highest BCUT2D eigenvalue weighted by Crippen LogP contribution is 2.38. The molecular formula is C18H28N2. The average Bonchev–Trinajstić information content (AvgIpc) is 2.82. The highest BCUT2D eigenvalue weighted by molar-refractivity contribution is 5.57. The molecule has 1 atom stereocenters. The van der Waals surface area contributed by atoms with E-state index in [4.69, 9.17) is 0 Å². The SMILES string of the molecule is CN(CC1CNc2ccccc21)C1CCC(C)(C)CC1. The van der Waals surface area contributed by atoms with Gasteiger partial charge in [0.2, 0.25) is 0 Å². The fraction of sp³-hybridized carbons (Fsp3) is 0.667. The summed E-state index contributed by atoms with van der Waals surface area (Å²) in [7, 11) is 2.32. The summed E-state index contributed by atoms with van der Waals surface area (Å²) >= 11 is 0. The number of rotatable bonds is 3. The number of benzene rings is 1. The summed E-state index contributed by atoms with van der Waals surface area (Å²) in [6.07, 6.45) is 5.49. The van der Waals surface area contributed by atoms with Crippen LogP contribution in [-0.4, -0.2) is 31.1 Å². The molecule has 1 fully saturated rings. The quantitative estimate of drug-likeness (QED) is 0.891. The van der Waals surface area contributed by atoms with Crippen LogP contribution in [0.3, 0.4) is 0 Å². The van der Waals surface area contributed by atoms with Crippen LogP contribution in [0.5, 0.6) is 0 Å². The van der Waals surface area contributed by atoms with Gasteiger partial charge in [-0.05, 0) is 49.8 Å². The van der Waals surface area contributed by atoms with Crippen LogP contribution >= 0.6 is 0 Å². The van der Waals surface area contributed by atoms with Gasteiger partial charge in [0.15, 0.2) is 0 Å². The molecule has 20 heavy (non-hydrogen) atoms. The van der Waals surface area contributed by atoms with Gasteiger partial charge in [-0.3, -0.25) is 0 Å². The molecule has 0 saturated heterocycles. The van der Waals surface area contributed by atoms with Gasteiger partial charge in [0.25, 0.3) is 0 Å². The number of nitrogens with one attached hydrogen (secondary N) is 1. The van der Waals surface area contributed by atoms with Crippen LogP contribution in [0.4, 0.5) is 5.69 Å². The van der Waals surface area contributed by atoms with Gasteiger partial charge in [-0.15, -0.1) is 0 Å². The van der Waals surface area contributed by atoms with Crippen LogP contribution in [-0.2, 0) is 0 Å². The van der Waals surface area contributed by atoms with Crippen molar-refractivity contribution in [3.05, 3.63) is 29.8 Å². The second-order valence-electron chi connectivity index (χ2n) is 7.50. The molecule has 2 aliphatic rings. The van der Waals surface area contributed by atoms with Crippen molar-refractivity contribution in [2.75, 3.05) is 25.5 Å². The third kappa shape index (κ3) is 2.85. The summed E-state index contributed by atoms with van der Waals surface area (Å²) in [4.78, 5) is 2.61. The minimum atomic E-state index is 0.568. The Bertz CT molecular complexity index is 456. The summed E-state index contributed by atoms with van der Waals surface area (Å²) in [5.74, 6) is 0.658. The zero-order chi connectivity index (χ0) is 14.2. The molecule has 1 aliphatic carbocycles. The lowest BCUT2D eigenvalue weighted by molar-refractivity contribution is 0.124. The van der Waals surface area contributed by atoms with Crippen LogP contribution in [0.15, 0.2) is 24.3 Å². The summed E-state index contributed by atoms with van der Waals surface area (Å²) in [5.41, 5.74) is 3.42. The minimum absolute atomic E-state index is 0.568. The molecule has 0 bridgehead atoms. The molecule has 1 aromatic rings. The Morgan fingerprint density at radius 3 is 2.65 bits per heavy atom. The fourth-order valence-electron chi connectivity index (χ4n) is 3.84.